The van der Waals surface area contributed by atoms with Gasteiger partial charge in [-0.3, -0.25) is 4.79 Å². The molecule has 4 nitrogen and oxygen atoms in total. The Morgan fingerprint density at radius 1 is 0.962 bits per heavy atom. The molecule has 2 aromatic rings. The van der Waals surface area contributed by atoms with E-state index in [1.54, 1.807) is 0 Å². The predicted octanol–water partition coefficient (Wildman–Crippen LogP) is 3.93. The number of ether oxygens (including phenoxy) is 2. The fraction of sp³-hybridized carbons (Fsp3) is 0.235. The summed E-state index contributed by atoms with van der Waals surface area (Å²) in [6.07, 6.45) is -4.15. The van der Waals surface area contributed by atoms with Gasteiger partial charge >= 0.3 is 6.18 Å². The predicted molar refractivity (Wildman–Crippen MR) is 81.9 cm³/mol. The molecule has 0 aliphatic heterocycles. The van der Waals surface area contributed by atoms with Crippen molar-refractivity contribution in [2.75, 3.05) is 13.2 Å². The molecule has 0 spiro atoms. The van der Waals surface area contributed by atoms with Gasteiger partial charge in [0.2, 0.25) is 0 Å². The van der Waals surface area contributed by atoms with Gasteiger partial charge in [0.05, 0.1) is 18.8 Å². The maximum absolute atomic E-state index is 13.9. The van der Waals surface area contributed by atoms with Crippen molar-refractivity contribution in [1.82, 2.24) is 0 Å². The molecule has 1 amide bonds. The number of nitrogens with two attached hydrogens (primary N) is 1. The van der Waals surface area contributed by atoms with Crippen molar-refractivity contribution in [2.45, 2.75) is 12.6 Å². The molecule has 0 aliphatic rings. The van der Waals surface area contributed by atoms with E-state index in [0.29, 0.717) is 0 Å². The van der Waals surface area contributed by atoms with Crippen LogP contribution in [0.3, 0.4) is 0 Å². The molecule has 0 saturated carbocycles. The first kappa shape index (κ1) is 19.5. The first-order valence-corrected chi connectivity index (χ1v) is 7.41. The van der Waals surface area contributed by atoms with E-state index >= 15 is 0 Å². The number of rotatable bonds is 7. The van der Waals surface area contributed by atoms with Crippen molar-refractivity contribution in [2.24, 2.45) is 5.73 Å². The third kappa shape index (κ3) is 4.84. The van der Waals surface area contributed by atoms with Crippen LogP contribution in [-0.2, 0) is 6.18 Å². The van der Waals surface area contributed by atoms with Crippen molar-refractivity contribution in [3.63, 3.8) is 0 Å². The topological polar surface area (TPSA) is 61.6 Å². The Morgan fingerprint density at radius 3 is 2.15 bits per heavy atom. The summed E-state index contributed by atoms with van der Waals surface area (Å²) in [5.74, 6) is -3.64. The number of carbonyl (C=O) groups excluding carboxylic acids is 1. The number of carbonyl (C=O) groups is 1. The van der Waals surface area contributed by atoms with Crippen molar-refractivity contribution >= 4 is 5.91 Å². The van der Waals surface area contributed by atoms with Gasteiger partial charge in [-0.25, -0.2) is 8.78 Å². The van der Waals surface area contributed by atoms with Crippen LogP contribution >= 0.6 is 0 Å². The molecule has 0 aromatic heterocycles. The Morgan fingerprint density at radius 2 is 1.58 bits per heavy atom. The van der Waals surface area contributed by atoms with Crippen molar-refractivity contribution < 1.29 is 36.2 Å². The van der Waals surface area contributed by atoms with E-state index in [2.05, 4.69) is 0 Å². The van der Waals surface area contributed by atoms with Crippen LogP contribution in [0.2, 0.25) is 0 Å². The molecule has 140 valence electrons. The Balaban J connectivity index is 1.83. The molecule has 26 heavy (non-hydrogen) atoms. The Bertz CT molecular complexity index is 775. The third-order valence-corrected chi connectivity index (χ3v) is 3.30. The lowest BCUT2D eigenvalue weighted by atomic mass is 10.1. The van der Waals surface area contributed by atoms with Gasteiger partial charge in [-0.05, 0) is 36.4 Å². The number of primary amides is 1. The Kier molecular flexibility index (Phi) is 6.01. The number of benzene rings is 2. The molecule has 0 atom stereocenters. The molecule has 0 bridgehead atoms. The SMILES string of the molecule is NC(=O)c1c(F)ccc(OCCCOc2ccc(C(F)(F)F)cc2)c1F. The van der Waals surface area contributed by atoms with E-state index in [-0.39, 0.29) is 31.1 Å². The van der Waals surface area contributed by atoms with Gasteiger partial charge in [0.15, 0.2) is 11.6 Å². The minimum atomic E-state index is -4.42. The summed E-state index contributed by atoms with van der Waals surface area (Å²) >= 11 is 0. The minimum Gasteiger partial charge on any atom is -0.493 e. The molecule has 0 saturated heterocycles. The van der Waals surface area contributed by atoms with Crippen LogP contribution < -0.4 is 15.2 Å². The van der Waals surface area contributed by atoms with Gasteiger partial charge in [-0.15, -0.1) is 0 Å². The molecular weight excluding hydrogens is 361 g/mol. The molecule has 0 radical (unpaired) electrons. The lowest BCUT2D eigenvalue weighted by molar-refractivity contribution is -0.137. The van der Waals surface area contributed by atoms with Crippen LogP contribution in [0.5, 0.6) is 11.5 Å². The van der Waals surface area contributed by atoms with Gasteiger partial charge in [-0.2, -0.15) is 13.2 Å². The Hall–Kier alpha value is -2.84. The summed E-state index contributed by atoms with van der Waals surface area (Å²) in [6, 6.07) is 6.03. The molecule has 0 fully saturated rings. The minimum absolute atomic E-state index is 0.0264. The zero-order chi connectivity index (χ0) is 19.3. The average molecular weight is 375 g/mol. The second-order valence-electron chi connectivity index (χ2n) is 5.17. The van der Waals surface area contributed by atoms with Gasteiger partial charge in [0.1, 0.15) is 17.1 Å². The van der Waals surface area contributed by atoms with Crippen molar-refractivity contribution in [3.05, 3.63) is 59.2 Å². The zero-order valence-corrected chi connectivity index (χ0v) is 13.3. The molecule has 9 heteroatoms. The van der Waals surface area contributed by atoms with E-state index in [1.807, 2.05) is 0 Å². The van der Waals surface area contributed by atoms with Gasteiger partial charge in [0, 0.05) is 6.42 Å². The smallest absolute Gasteiger partial charge is 0.416 e. The highest BCUT2D eigenvalue weighted by Crippen LogP contribution is 2.30. The molecular formula is C17H14F5NO3. The second-order valence-corrected chi connectivity index (χ2v) is 5.17. The van der Waals surface area contributed by atoms with E-state index in [0.717, 1.165) is 24.3 Å². The van der Waals surface area contributed by atoms with Gasteiger partial charge < -0.3 is 15.2 Å². The average Bonchev–Trinajstić information content (AvgIpc) is 2.56. The van der Waals surface area contributed by atoms with E-state index in [9.17, 15) is 26.7 Å². The zero-order valence-electron chi connectivity index (χ0n) is 13.3. The first-order chi connectivity index (χ1) is 12.2. The summed E-state index contributed by atoms with van der Waals surface area (Å²) in [5, 5.41) is 0. The number of hydrogen-bond acceptors (Lipinski definition) is 3. The van der Waals surface area contributed by atoms with Crippen LogP contribution in [0, 0.1) is 11.6 Å². The fourth-order valence-corrected chi connectivity index (χ4v) is 2.04. The lowest BCUT2D eigenvalue weighted by Crippen LogP contribution is -2.16. The van der Waals surface area contributed by atoms with Crippen molar-refractivity contribution in [3.8, 4) is 11.5 Å². The standard InChI is InChI=1S/C17H14F5NO3/c18-12-6-7-13(15(19)14(12)16(23)24)26-9-1-8-25-11-4-2-10(3-5-11)17(20,21)22/h2-7H,1,8-9H2,(H2,23,24). The van der Waals surface area contributed by atoms with Crippen molar-refractivity contribution in [1.29, 1.82) is 0 Å². The summed E-state index contributed by atoms with van der Waals surface area (Å²) in [7, 11) is 0. The second kappa shape index (κ2) is 8.03. The normalized spacial score (nSPS) is 11.3. The maximum Gasteiger partial charge on any atom is 0.416 e. The number of halogens is 5. The van der Waals surface area contributed by atoms with Crippen LogP contribution in [0.1, 0.15) is 22.3 Å². The van der Waals surface area contributed by atoms with Crippen LogP contribution in [0.4, 0.5) is 22.0 Å². The van der Waals surface area contributed by atoms with E-state index in [1.165, 1.54) is 12.1 Å². The fourth-order valence-electron chi connectivity index (χ4n) is 2.04. The summed E-state index contributed by atoms with van der Waals surface area (Å²) in [6.45, 7) is 0.0677. The van der Waals surface area contributed by atoms with Gasteiger partial charge in [0.25, 0.3) is 5.91 Å². The van der Waals surface area contributed by atoms with Crippen LogP contribution in [0.25, 0.3) is 0 Å². The molecule has 0 aliphatic carbocycles. The molecule has 0 unspecified atom stereocenters. The molecule has 0 heterocycles. The maximum atomic E-state index is 13.9. The molecule has 2 aromatic carbocycles. The number of hydrogen-bond donors (Lipinski definition) is 1. The summed E-state index contributed by atoms with van der Waals surface area (Å²) in [4.78, 5) is 11.0. The summed E-state index contributed by atoms with van der Waals surface area (Å²) in [5.41, 5.74) is 3.23. The van der Waals surface area contributed by atoms with E-state index < -0.39 is 34.8 Å². The van der Waals surface area contributed by atoms with E-state index in [4.69, 9.17) is 15.2 Å². The highest BCUT2D eigenvalue weighted by molar-refractivity contribution is 5.93. The molecule has 2 rings (SSSR count). The monoisotopic (exact) mass is 375 g/mol. The number of amides is 1. The summed E-state index contributed by atoms with van der Waals surface area (Å²) < 4.78 is 74.9. The highest BCUT2D eigenvalue weighted by Gasteiger charge is 2.30. The third-order valence-electron chi connectivity index (χ3n) is 3.30. The quantitative estimate of drug-likeness (QED) is 0.589. The highest BCUT2D eigenvalue weighted by atomic mass is 19.4. The largest absolute Gasteiger partial charge is 0.493 e. The van der Waals surface area contributed by atoms with Crippen LogP contribution in [0.15, 0.2) is 36.4 Å². The number of alkyl halides is 3. The van der Waals surface area contributed by atoms with Gasteiger partial charge in [-0.1, -0.05) is 0 Å². The molecule has 2 N–H and O–H groups in total. The first-order valence-electron chi connectivity index (χ1n) is 7.41. The Labute approximate surface area is 145 Å². The lowest BCUT2D eigenvalue weighted by Gasteiger charge is -2.11. The van der Waals surface area contributed by atoms with Crippen LogP contribution in [-0.4, -0.2) is 19.1 Å².